The zero-order valence-electron chi connectivity index (χ0n) is 20.4. The average Bonchev–Trinajstić information content (AvgIpc) is 3.75. The first-order chi connectivity index (χ1) is 19.7. The topological polar surface area (TPSA) is 68.7 Å². The number of hydrogen-bond donors (Lipinski definition) is 0. The molecular weight excluding hydrogens is 537 g/mol. The monoisotopic (exact) mass is 548 g/mol. The van der Waals surface area contributed by atoms with Gasteiger partial charge in [-0.1, -0.05) is 24.3 Å². The summed E-state index contributed by atoms with van der Waals surface area (Å²) in [4.78, 5) is 39.2. The molecule has 11 rings (SSSR count). The molecule has 0 radical (unpaired) electrons. The second-order valence-electron chi connectivity index (χ2n) is 10.5. The summed E-state index contributed by atoms with van der Waals surface area (Å²) in [6.45, 7) is 0. The van der Waals surface area contributed by atoms with E-state index in [-0.39, 0.29) is 11.1 Å². The fourth-order valence-corrected chi connectivity index (χ4v) is 8.74. The molecule has 8 heteroatoms. The van der Waals surface area contributed by atoms with Crippen LogP contribution in [0.1, 0.15) is 0 Å². The fraction of sp³-hybridized carbons (Fsp3) is 0. The Bertz CT molecular complexity index is 2810. The molecule has 0 bridgehead atoms. The molecular formula is C32H12N4O2S2. The first-order valence-electron chi connectivity index (χ1n) is 12.9. The van der Waals surface area contributed by atoms with Gasteiger partial charge in [0.1, 0.15) is 21.0 Å². The Morgan fingerprint density at radius 3 is 1.23 bits per heavy atom. The van der Waals surface area contributed by atoms with E-state index in [2.05, 4.69) is 36.4 Å². The van der Waals surface area contributed by atoms with Crippen LogP contribution in [-0.2, 0) is 0 Å². The van der Waals surface area contributed by atoms with Crippen molar-refractivity contribution in [2.24, 2.45) is 0 Å². The lowest BCUT2D eigenvalue weighted by atomic mass is 9.86. The minimum Gasteiger partial charge on any atom is -0.268 e. The van der Waals surface area contributed by atoms with Crippen LogP contribution in [0.25, 0.3) is 96.6 Å². The zero-order valence-corrected chi connectivity index (χ0v) is 22.0. The second kappa shape index (κ2) is 6.28. The van der Waals surface area contributed by atoms with Crippen molar-refractivity contribution in [3.8, 4) is 0 Å². The normalized spacial score (nSPS) is 13.2. The summed E-state index contributed by atoms with van der Waals surface area (Å²) in [5.74, 6) is 0. The summed E-state index contributed by atoms with van der Waals surface area (Å²) < 4.78 is 3.51. The molecule has 0 atom stereocenters. The molecule has 184 valence electrons. The van der Waals surface area contributed by atoms with Crippen LogP contribution in [0.5, 0.6) is 0 Å². The maximum absolute atomic E-state index is 13.9. The molecule has 0 spiro atoms. The summed E-state index contributed by atoms with van der Waals surface area (Å²) >= 11 is 3.10. The SMILES string of the molecule is O=c1c2ccc3c4ccc5c(=O)n6c7ccsc7nc6c6ccc(c7ccc(c2c37)c2nc3sccc3n12)c4c56. The van der Waals surface area contributed by atoms with Crippen LogP contribution in [0.15, 0.2) is 81.0 Å². The summed E-state index contributed by atoms with van der Waals surface area (Å²) in [5, 5.41) is 15.6. The van der Waals surface area contributed by atoms with Gasteiger partial charge in [0.15, 0.2) is 0 Å². The Hall–Kier alpha value is -4.92. The Morgan fingerprint density at radius 1 is 0.450 bits per heavy atom. The molecule has 5 aromatic carbocycles. The van der Waals surface area contributed by atoms with Gasteiger partial charge in [-0.25, -0.2) is 9.97 Å². The van der Waals surface area contributed by atoms with E-state index >= 15 is 0 Å². The Morgan fingerprint density at radius 2 is 0.800 bits per heavy atom. The van der Waals surface area contributed by atoms with Gasteiger partial charge in [-0.05, 0) is 79.5 Å². The van der Waals surface area contributed by atoms with Gasteiger partial charge >= 0.3 is 0 Å². The zero-order chi connectivity index (χ0) is 26.0. The van der Waals surface area contributed by atoms with Crippen molar-refractivity contribution >= 4 is 119 Å². The lowest BCUT2D eigenvalue weighted by Gasteiger charge is -2.18. The van der Waals surface area contributed by atoms with Gasteiger partial charge in [-0.15, -0.1) is 22.7 Å². The third-order valence-corrected chi connectivity index (χ3v) is 10.4. The van der Waals surface area contributed by atoms with Crippen LogP contribution in [-0.4, -0.2) is 18.8 Å². The van der Waals surface area contributed by atoms with Gasteiger partial charge in [0.2, 0.25) is 0 Å². The van der Waals surface area contributed by atoms with Crippen molar-refractivity contribution in [3.63, 3.8) is 0 Å². The molecule has 6 aromatic heterocycles. The van der Waals surface area contributed by atoms with Crippen molar-refractivity contribution in [2.75, 3.05) is 0 Å². The summed E-state index contributed by atoms with van der Waals surface area (Å²) in [7, 11) is 0. The number of benzene rings is 5. The van der Waals surface area contributed by atoms with Gasteiger partial charge in [-0.2, -0.15) is 0 Å². The molecule has 0 aliphatic carbocycles. The molecule has 0 saturated heterocycles. The Kier molecular flexibility index (Phi) is 3.15. The van der Waals surface area contributed by atoms with E-state index in [1.165, 1.54) is 0 Å². The molecule has 0 amide bonds. The number of rotatable bonds is 0. The minimum absolute atomic E-state index is 0.0412. The summed E-state index contributed by atoms with van der Waals surface area (Å²) in [5.41, 5.74) is 3.04. The highest BCUT2D eigenvalue weighted by Gasteiger charge is 2.24. The van der Waals surface area contributed by atoms with Gasteiger partial charge in [0, 0.05) is 32.3 Å². The maximum atomic E-state index is 13.9. The van der Waals surface area contributed by atoms with E-state index in [1.54, 1.807) is 31.5 Å². The summed E-state index contributed by atoms with van der Waals surface area (Å²) in [6, 6.07) is 20.5. The van der Waals surface area contributed by atoms with Crippen LogP contribution < -0.4 is 11.1 Å². The molecule has 0 unspecified atom stereocenters. The first kappa shape index (κ1) is 20.0. The lowest BCUT2D eigenvalue weighted by molar-refractivity contribution is 1.19. The average molecular weight is 549 g/mol. The molecule has 6 nitrogen and oxygen atoms in total. The van der Waals surface area contributed by atoms with E-state index in [0.717, 1.165) is 74.6 Å². The number of aromatic nitrogens is 4. The number of pyridine rings is 2. The fourth-order valence-electron chi connectivity index (χ4n) is 7.25. The number of imidazole rings is 2. The highest BCUT2D eigenvalue weighted by atomic mass is 32.1. The van der Waals surface area contributed by atoms with Crippen LogP contribution in [0.3, 0.4) is 0 Å². The van der Waals surface area contributed by atoms with E-state index in [1.807, 2.05) is 35.0 Å². The van der Waals surface area contributed by atoms with E-state index in [4.69, 9.17) is 9.97 Å². The predicted molar refractivity (Wildman–Crippen MR) is 166 cm³/mol. The third-order valence-electron chi connectivity index (χ3n) is 8.82. The van der Waals surface area contributed by atoms with Crippen LogP contribution >= 0.6 is 22.7 Å². The van der Waals surface area contributed by atoms with Crippen molar-refractivity contribution in [3.05, 3.63) is 92.1 Å². The number of fused-ring (bicyclic) bond motifs is 10. The minimum atomic E-state index is -0.0412. The van der Waals surface area contributed by atoms with E-state index in [9.17, 15) is 9.59 Å². The molecule has 0 aliphatic rings. The standard InChI is InChI=1S/C32H12N4O2S2/c37-31-19-7-3-15-16-4-8-20-26-18(28-34-30-22(10-12-40-30)36(28)32(20)38)6-2-14(24(16)26)13-1-5-17(25(19)23(13)15)27-33-29-21(35(27)31)9-11-39-29/h1-12H. The van der Waals surface area contributed by atoms with Crippen molar-refractivity contribution in [2.45, 2.75) is 0 Å². The predicted octanol–water partition coefficient (Wildman–Crippen LogP) is 7.36. The smallest absolute Gasteiger partial charge is 0.264 e. The molecule has 11 aromatic rings. The Labute approximate surface area is 229 Å². The molecule has 0 saturated carbocycles. The Balaban J connectivity index is 1.43. The molecule has 0 fully saturated rings. The van der Waals surface area contributed by atoms with Crippen molar-refractivity contribution in [1.29, 1.82) is 0 Å². The van der Waals surface area contributed by atoms with Crippen molar-refractivity contribution in [1.82, 2.24) is 18.8 Å². The van der Waals surface area contributed by atoms with Gasteiger partial charge in [0.25, 0.3) is 11.1 Å². The van der Waals surface area contributed by atoms with Crippen molar-refractivity contribution < 1.29 is 0 Å². The highest BCUT2D eigenvalue weighted by molar-refractivity contribution is 7.17. The van der Waals surface area contributed by atoms with Crippen LogP contribution in [0, 0.1) is 0 Å². The quantitative estimate of drug-likeness (QED) is 0.147. The van der Waals surface area contributed by atoms with E-state index < -0.39 is 0 Å². The first-order valence-corrected chi connectivity index (χ1v) is 14.7. The van der Waals surface area contributed by atoms with Gasteiger partial charge in [0.05, 0.1) is 11.0 Å². The van der Waals surface area contributed by atoms with Gasteiger partial charge in [-0.3, -0.25) is 18.4 Å². The maximum Gasteiger partial charge on any atom is 0.264 e. The van der Waals surface area contributed by atoms with Gasteiger partial charge < -0.3 is 0 Å². The molecule has 0 aliphatic heterocycles. The largest absolute Gasteiger partial charge is 0.268 e. The molecule has 40 heavy (non-hydrogen) atoms. The number of hydrogen-bond acceptors (Lipinski definition) is 6. The van der Waals surface area contributed by atoms with E-state index in [0.29, 0.717) is 22.1 Å². The number of nitrogens with zero attached hydrogens (tertiary/aromatic N) is 4. The highest BCUT2D eigenvalue weighted by Crippen LogP contribution is 2.45. The molecule has 6 heterocycles. The van der Waals surface area contributed by atoms with Crippen LogP contribution in [0.4, 0.5) is 0 Å². The summed E-state index contributed by atoms with van der Waals surface area (Å²) in [6.07, 6.45) is 0. The lowest BCUT2D eigenvalue weighted by Crippen LogP contribution is -2.14. The number of thiophene rings is 2. The van der Waals surface area contributed by atoms with Crippen LogP contribution in [0.2, 0.25) is 0 Å². The third kappa shape index (κ3) is 1.98. The second-order valence-corrected chi connectivity index (χ2v) is 12.3. The molecule has 0 N–H and O–H groups in total.